The van der Waals surface area contributed by atoms with Gasteiger partial charge in [-0.1, -0.05) is 6.92 Å². The molecule has 6 heterocycles. The minimum Gasteiger partial charge on any atom is -0.458 e. The predicted octanol–water partition coefficient (Wildman–Crippen LogP) is 1.58. The van der Waals surface area contributed by atoms with Crippen molar-refractivity contribution in [2.24, 2.45) is 4.99 Å². The van der Waals surface area contributed by atoms with Gasteiger partial charge in [-0.05, 0) is 48.2 Å². The third-order valence-corrected chi connectivity index (χ3v) is 7.81. The second-order valence-corrected chi connectivity index (χ2v) is 10.0. The number of amides is 4. The van der Waals surface area contributed by atoms with Gasteiger partial charge in [0.25, 0.3) is 11.8 Å². The summed E-state index contributed by atoms with van der Waals surface area (Å²) in [6, 6.07) is 3.08. The molecule has 2 saturated heterocycles. The van der Waals surface area contributed by atoms with Crippen LogP contribution in [0.2, 0.25) is 0 Å². The molecule has 4 aliphatic rings. The van der Waals surface area contributed by atoms with Crippen molar-refractivity contribution in [3.05, 3.63) is 51.1 Å². The van der Waals surface area contributed by atoms with Crippen molar-refractivity contribution in [1.29, 1.82) is 0 Å². The Balaban J connectivity index is 0.000000286. The highest BCUT2D eigenvalue weighted by Crippen LogP contribution is 2.33. The zero-order valence-electron chi connectivity index (χ0n) is 20.2. The van der Waals surface area contributed by atoms with Gasteiger partial charge in [0.2, 0.25) is 0 Å². The number of carbonyl (C=O) groups excluding carboxylic acids is 3. The van der Waals surface area contributed by atoms with Crippen molar-refractivity contribution in [3.8, 4) is 0 Å². The van der Waals surface area contributed by atoms with Crippen molar-refractivity contribution < 1.29 is 18.8 Å². The topological polar surface area (TPSA) is 119 Å². The maximum atomic E-state index is 12.9. The first-order valence-corrected chi connectivity index (χ1v) is 13.1. The van der Waals surface area contributed by atoms with E-state index in [9.17, 15) is 14.4 Å². The average molecular weight is 511 g/mol. The summed E-state index contributed by atoms with van der Waals surface area (Å²) in [5.41, 5.74) is 0.373. The Bertz CT molecular complexity index is 1210. The highest BCUT2D eigenvalue weighted by Gasteiger charge is 2.52. The summed E-state index contributed by atoms with van der Waals surface area (Å²) >= 11 is 1.39. The maximum Gasteiger partial charge on any atom is 0.322 e. The monoisotopic (exact) mass is 510 g/mol. The van der Waals surface area contributed by atoms with Crippen LogP contribution >= 0.6 is 11.3 Å². The molecule has 10 nitrogen and oxygen atoms in total. The summed E-state index contributed by atoms with van der Waals surface area (Å²) in [6.45, 7) is 9.12. The van der Waals surface area contributed by atoms with Gasteiger partial charge in [0, 0.05) is 44.5 Å². The van der Waals surface area contributed by atoms with Gasteiger partial charge in [0.1, 0.15) is 11.5 Å². The van der Waals surface area contributed by atoms with Crippen molar-refractivity contribution in [2.75, 3.05) is 45.8 Å². The fourth-order valence-corrected chi connectivity index (χ4v) is 5.72. The first-order chi connectivity index (χ1) is 17.5. The fourth-order valence-electron chi connectivity index (χ4n) is 4.80. The number of piperazine rings is 1. The molecule has 0 saturated carbocycles. The Morgan fingerprint density at radius 3 is 2.72 bits per heavy atom. The van der Waals surface area contributed by atoms with Crippen LogP contribution in [0.25, 0.3) is 6.08 Å². The lowest BCUT2D eigenvalue weighted by Crippen LogP contribution is -2.54. The molecule has 0 bridgehead atoms. The van der Waals surface area contributed by atoms with Crippen LogP contribution in [-0.4, -0.2) is 79.7 Å². The normalized spacial score (nSPS) is 23.4. The number of rotatable bonds is 4. The number of nitrogens with zero attached hydrogens (tertiary/aromatic N) is 3. The number of hydrogen-bond acceptors (Lipinski definition) is 8. The van der Waals surface area contributed by atoms with E-state index >= 15 is 0 Å². The van der Waals surface area contributed by atoms with Crippen molar-refractivity contribution in [2.45, 2.75) is 25.4 Å². The number of furan rings is 1. The van der Waals surface area contributed by atoms with E-state index in [-0.39, 0.29) is 12.5 Å². The van der Waals surface area contributed by atoms with Crippen LogP contribution in [0.1, 0.15) is 39.2 Å². The molecule has 11 heteroatoms. The van der Waals surface area contributed by atoms with E-state index in [0.29, 0.717) is 35.9 Å². The number of aliphatic imine (C=N–C) groups is 1. The van der Waals surface area contributed by atoms with Gasteiger partial charge in [-0.3, -0.25) is 19.9 Å². The van der Waals surface area contributed by atoms with Crippen LogP contribution in [0.5, 0.6) is 0 Å². The van der Waals surface area contributed by atoms with Gasteiger partial charge in [-0.25, -0.2) is 4.79 Å². The van der Waals surface area contributed by atoms with Crippen LogP contribution in [0.4, 0.5) is 4.79 Å². The van der Waals surface area contributed by atoms with Crippen LogP contribution in [0.15, 0.2) is 33.0 Å². The Morgan fingerprint density at radius 1 is 1.17 bits per heavy atom. The first-order valence-electron chi connectivity index (χ1n) is 12.2. The molecule has 2 aromatic rings. The smallest absolute Gasteiger partial charge is 0.322 e. The van der Waals surface area contributed by atoms with Gasteiger partial charge in [-0.2, -0.15) is 0 Å². The van der Waals surface area contributed by atoms with Crippen molar-refractivity contribution in [1.82, 2.24) is 25.8 Å². The van der Waals surface area contributed by atoms with Crippen LogP contribution in [0.3, 0.4) is 0 Å². The third kappa shape index (κ3) is 4.73. The molecule has 1 unspecified atom stereocenters. The quantitative estimate of drug-likeness (QED) is 0.538. The van der Waals surface area contributed by atoms with E-state index < -0.39 is 17.5 Å². The summed E-state index contributed by atoms with van der Waals surface area (Å²) in [4.78, 5) is 46.7. The average Bonchev–Trinajstić information content (AvgIpc) is 3.56. The molecule has 0 spiro atoms. The highest BCUT2D eigenvalue weighted by atomic mass is 32.1. The lowest BCUT2D eigenvalue weighted by molar-refractivity contribution is -0.125. The molecular weight excluding hydrogens is 480 g/mol. The largest absolute Gasteiger partial charge is 0.458 e. The van der Waals surface area contributed by atoms with E-state index in [0.717, 1.165) is 11.1 Å². The number of carbonyl (C=O) groups is 3. The Kier molecular flexibility index (Phi) is 7.04. The summed E-state index contributed by atoms with van der Waals surface area (Å²) in [5, 5.41) is 10.2. The summed E-state index contributed by atoms with van der Waals surface area (Å²) < 4.78 is 5.95. The number of hydrogen-bond donors (Lipinski definition) is 3. The Labute approximate surface area is 213 Å². The number of imide groups is 1. The number of allylic oxidation sites excluding steroid dienone is 1. The zero-order chi connectivity index (χ0) is 25.1. The molecule has 4 amide bonds. The van der Waals surface area contributed by atoms with Gasteiger partial charge in [0.05, 0.1) is 18.0 Å². The minimum absolute atomic E-state index is 0.000121. The Hall–Kier alpha value is -3.28. The highest BCUT2D eigenvalue weighted by molar-refractivity contribution is 7.12. The lowest BCUT2D eigenvalue weighted by atomic mass is 9.93. The minimum atomic E-state index is -1.47. The molecule has 0 aliphatic carbocycles. The van der Waals surface area contributed by atoms with Crippen molar-refractivity contribution in [3.63, 3.8) is 0 Å². The molecule has 36 heavy (non-hydrogen) atoms. The van der Waals surface area contributed by atoms with E-state index in [2.05, 4.69) is 32.8 Å². The lowest BCUT2D eigenvalue weighted by Gasteiger charge is -2.33. The van der Waals surface area contributed by atoms with Gasteiger partial charge < -0.3 is 24.9 Å². The van der Waals surface area contributed by atoms with Gasteiger partial charge in [0.15, 0.2) is 5.54 Å². The molecule has 1 atom stereocenters. The molecule has 190 valence electrons. The van der Waals surface area contributed by atoms with Crippen LogP contribution in [-0.2, 0) is 23.3 Å². The number of urea groups is 1. The van der Waals surface area contributed by atoms with Crippen LogP contribution < -0.4 is 16.0 Å². The summed E-state index contributed by atoms with van der Waals surface area (Å²) in [6.07, 6.45) is 5.91. The number of nitrogens with one attached hydrogen (secondary N) is 3. The van der Waals surface area contributed by atoms with E-state index in [1.807, 2.05) is 11.4 Å². The van der Waals surface area contributed by atoms with Crippen LogP contribution in [0, 0.1) is 0 Å². The molecule has 0 radical (unpaired) electrons. The molecule has 3 N–H and O–H groups in total. The molecule has 4 aliphatic heterocycles. The molecular formula is C25H30N6O4S. The second kappa shape index (κ2) is 10.4. The fraction of sp³-hybridized carbons (Fsp3) is 0.440. The first kappa shape index (κ1) is 24.4. The van der Waals surface area contributed by atoms with E-state index in [1.165, 1.54) is 44.1 Å². The Morgan fingerprint density at radius 2 is 2.00 bits per heavy atom. The maximum absolute atomic E-state index is 12.9. The summed E-state index contributed by atoms with van der Waals surface area (Å²) in [7, 11) is 0. The number of thiophene rings is 1. The van der Waals surface area contributed by atoms with E-state index in [4.69, 9.17) is 4.42 Å². The second-order valence-electron chi connectivity index (χ2n) is 9.10. The SMILES string of the molecule is CCN1CCNCC1.O=C1NC(=O)C(CN2CCc3ccsc3C2=O)(c2cc3c(o2)C=CC=NC3)N1. The number of fused-ring (bicyclic) bond motifs is 2. The third-order valence-electron chi connectivity index (χ3n) is 6.87. The molecule has 2 aromatic heterocycles. The molecule has 6 rings (SSSR count). The zero-order valence-corrected chi connectivity index (χ0v) is 21.0. The van der Waals surface area contributed by atoms with E-state index in [1.54, 1.807) is 29.3 Å². The molecule has 2 fully saturated rings. The van der Waals surface area contributed by atoms with Gasteiger partial charge >= 0.3 is 6.03 Å². The van der Waals surface area contributed by atoms with Gasteiger partial charge in [-0.15, -0.1) is 11.3 Å². The molecule has 0 aromatic carbocycles. The van der Waals surface area contributed by atoms with Crippen molar-refractivity contribution >= 4 is 41.5 Å². The predicted molar refractivity (Wildman–Crippen MR) is 137 cm³/mol. The standard InChI is InChI=1S/C19H16N4O4S.C6H14N2/c24-16-15-11(4-7-28-15)3-6-23(16)10-19(17(25)21-18(26)22-19)14-8-12-9-20-5-1-2-13(12)27-14;1-2-8-5-3-7-4-6-8/h1-2,4-5,7-8H,3,6,9-10H2,(H2,21,22,25,26);7H,2-6H2,1H3. The number of likely N-dealkylation sites (N-methyl/N-ethyl adjacent to an activating group) is 1. The summed E-state index contributed by atoms with van der Waals surface area (Å²) in [5.74, 6) is 0.222.